The molecule has 0 aliphatic rings. The van der Waals surface area contributed by atoms with E-state index in [0.717, 1.165) is 0 Å². The largest absolute Gasteiger partial charge is 0.508 e. The number of hydrogen-bond donors (Lipinski definition) is 9. The van der Waals surface area contributed by atoms with E-state index in [4.69, 9.17) is 16.6 Å². The molecular weight excluding hydrogens is 466 g/mol. The topological polar surface area (TPSA) is 217 Å². The standard InChI is InChI=1S/C21H33N5O7S/c22-8-2-1-3-15(21(32)33)24-20(31)17(11-34)26-19(30)16(25-18(29)14(23)10-27)9-12-4-6-13(28)7-5-12/h4-7,14-17,27-28,34H,1-3,8-11,22-23H2,(H,24,31)(H,25,29)(H,26,30)(H,32,33). The zero-order valence-electron chi connectivity index (χ0n) is 18.6. The molecule has 10 N–H and O–H groups in total. The Bertz CT molecular complexity index is 824. The van der Waals surface area contributed by atoms with Crippen LogP contribution in [-0.4, -0.2) is 82.1 Å². The maximum atomic E-state index is 12.9. The average molecular weight is 500 g/mol. The first kappa shape index (κ1) is 29.2. The summed E-state index contributed by atoms with van der Waals surface area (Å²) in [4.78, 5) is 49.2. The van der Waals surface area contributed by atoms with Crippen molar-refractivity contribution in [1.82, 2.24) is 16.0 Å². The molecule has 13 heteroatoms. The van der Waals surface area contributed by atoms with Crippen LogP contribution in [0.5, 0.6) is 5.75 Å². The normalized spacial score (nSPS) is 14.4. The van der Waals surface area contributed by atoms with E-state index in [2.05, 4.69) is 28.6 Å². The van der Waals surface area contributed by atoms with Crippen molar-refractivity contribution < 1.29 is 34.5 Å². The van der Waals surface area contributed by atoms with Crippen LogP contribution in [0.1, 0.15) is 24.8 Å². The minimum atomic E-state index is -1.26. The van der Waals surface area contributed by atoms with Crippen molar-refractivity contribution in [1.29, 1.82) is 0 Å². The van der Waals surface area contributed by atoms with Crippen molar-refractivity contribution in [2.45, 2.75) is 49.9 Å². The van der Waals surface area contributed by atoms with Crippen LogP contribution in [0.25, 0.3) is 0 Å². The molecule has 1 rings (SSSR count). The Hall–Kier alpha value is -2.87. The van der Waals surface area contributed by atoms with Crippen LogP contribution in [-0.2, 0) is 25.6 Å². The predicted octanol–water partition coefficient (Wildman–Crippen LogP) is -2.15. The van der Waals surface area contributed by atoms with Gasteiger partial charge in [0.1, 0.15) is 29.9 Å². The van der Waals surface area contributed by atoms with E-state index in [1.165, 1.54) is 12.1 Å². The molecule has 0 aromatic heterocycles. The van der Waals surface area contributed by atoms with Crippen molar-refractivity contribution in [3.63, 3.8) is 0 Å². The van der Waals surface area contributed by atoms with Gasteiger partial charge in [-0.2, -0.15) is 12.6 Å². The Kier molecular flexibility index (Phi) is 13.0. The number of phenolic OH excluding ortho intramolecular Hbond substituents is 1. The fraction of sp³-hybridized carbons (Fsp3) is 0.524. The van der Waals surface area contributed by atoms with Gasteiger partial charge in [0.2, 0.25) is 17.7 Å². The highest BCUT2D eigenvalue weighted by atomic mass is 32.1. The van der Waals surface area contributed by atoms with E-state index in [0.29, 0.717) is 24.9 Å². The summed E-state index contributed by atoms with van der Waals surface area (Å²) < 4.78 is 0. The number of carbonyl (C=O) groups is 4. The molecule has 1 aromatic rings. The average Bonchev–Trinajstić information content (AvgIpc) is 2.81. The summed E-state index contributed by atoms with van der Waals surface area (Å²) in [7, 11) is 0. The number of nitrogens with one attached hydrogen (secondary N) is 3. The fourth-order valence-electron chi connectivity index (χ4n) is 2.93. The molecular formula is C21H33N5O7S. The molecule has 190 valence electrons. The molecule has 0 aliphatic carbocycles. The number of aromatic hydroxyl groups is 1. The van der Waals surface area contributed by atoms with Gasteiger partial charge in [-0.05, 0) is 43.5 Å². The zero-order valence-corrected chi connectivity index (χ0v) is 19.5. The minimum absolute atomic E-state index is 0.00620. The lowest BCUT2D eigenvalue weighted by Crippen LogP contribution is -2.58. The summed E-state index contributed by atoms with van der Waals surface area (Å²) in [5, 5.41) is 35.2. The zero-order chi connectivity index (χ0) is 25.7. The predicted molar refractivity (Wildman–Crippen MR) is 127 cm³/mol. The maximum absolute atomic E-state index is 12.9. The van der Waals surface area contributed by atoms with Crippen molar-refractivity contribution >= 4 is 36.3 Å². The number of hydrogen-bond acceptors (Lipinski definition) is 9. The third kappa shape index (κ3) is 9.95. The molecule has 12 nitrogen and oxygen atoms in total. The Labute approximate surface area is 202 Å². The molecule has 4 atom stereocenters. The van der Waals surface area contributed by atoms with Crippen molar-refractivity contribution in [2.24, 2.45) is 11.5 Å². The molecule has 0 aliphatic heterocycles. The Morgan fingerprint density at radius 1 is 0.912 bits per heavy atom. The highest BCUT2D eigenvalue weighted by molar-refractivity contribution is 7.80. The smallest absolute Gasteiger partial charge is 0.326 e. The molecule has 0 bridgehead atoms. The lowest BCUT2D eigenvalue weighted by molar-refractivity contribution is -0.142. The van der Waals surface area contributed by atoms with Gasteiger partial charge in [-0.25, -0.2) is 4.79 Å². The van der Waals surface area contributed by atoms with Gasteiger partial charge in [0.05, 0.1) is 6.61 Å². The first-order valence-electron chi connectivity index (χ1n) is 10.7. The number of amides is 3. The van der Waals surface area contributed by atoms with Crippen LogP contribution in [0.3, 0.4) is 0 Å². The van der Waals surface area contributed by atoms with E-state index in [1.54, 1.807) is 12.1 Å². The van der Waals surface area contributed by atoms with Crippen molar-refractivity contribution in [3.8, 4) is 5.75 Å². The first-order valence-corrected chi connectivity index (χ1v) is 11.3. The number of benzene rings is 1. The molecule has 0 spiro atoms. The van der Waals surface area contributed by atoms with Crippen molar-refractivity contribution in [2.75, 3.05) is 18.9 Å². The lowest BCUT2D eigenvalue weighted by atomic mass is 10.0. The second-order valence-electron chi connectivity index (χ2n) is 7.65. The number of nitrogens with two attached hydrogens (primary N) is 2. The molecule has 0 fully saturated rings. The number of aliphatic hydroxyl groups excluding tert-OH is 1. The van der Waals surface area contributed by atoms with Gasteiger partial charge in [0.25, 0.3) is 0 Å². The summed E-state index contributed by atoms with van der Waals surface area (Å²) in [6.07, 6.45) is 1.26. The monoisotopic (exact) mass is 499 g/mol. The Morgan fingerprint density at radius 2 is 1.47 bits per heavy atom. The molecule has 1 aromatic carbocycles. The van der Waals surface area contributed by atoms with Gasteiger partial charge >= 0.3 is 5.97 Å². The third-order valence-corrected chi connectivity index (χ3v) is 5.28. The first-order chi connectivity index (χ1) is 16.1. The van der Waals surface area contributed by atoms with E-state index >= 15 is 0 Å². The number of rotatable bonds is 15. The Balaban J connectivity index is 2.94. The van der Waals surface area contributed by atoms with Gasteiger partial charge in [-0.3, -0.25) is 14.4 Å². The number of carboxylic acid groups (broad SMARTS) is 1. The summed E-state index contributed by atoms with van der Waals surface area (Å²) >= 11 is 4.08. The van der Waals surface area contributed by atoms with Crippen LogP contribution < -0.4 is 27.4 Å². The van der Waals surface area contributed by atoms with Gasteiger partial charge in [-0.1, -0.05) is 12.1 Å². The maximum Gasteiger partial charge on any atom is 0.326 e. The summed E-state index contributed by atoms with van der Waals surface area (Å²) in [5.41, 5.74) is 11.5. The molecule has 0 radical (unpaired) electrons. The number of carbonyl (C=O) groups excluding carboxylic acids is 3. The lowest BCUT2D eigenvalue weighted by Gasteiger charge is -2.24. The van der Waals surface area contributed by atoms with E-state index < -0.39 is 54.5 Å². The fourth-order valence-corrected chi connectivity index (χ4v) is 3.18. The van der Waals surface area contributed by atoms with Crippen molar-refractivity contribution in [3.05, 3.63) is 29.8 Å². The summed E-state index contributed by atoms with van der Waals surface area (Å²) in [5.74, 6) is -3.60. The molecule has 3 amide bonds. The van der Waals surface area contributed by atoms with Gasteiger partial charge in [0.15, 0.2) is 0 Å². The second-order valence-corrected chi connectivity index (χ2v) is 8.01. The van der Waals surface area contributed by atoms with E-state index in [1.807, 2.05) is 0 Å². The van der Waals surface area contributed by atoms with Crippen LogP contribution in [0.2, 0.25) is 0 Å². The molecule has 0 saturated carbocycles. The molecule has 34 heavy (non-hydrogen) atoms. The number of aliphatic carboxylic acids is 1. The second kappa shape index (κ2) is 15.1. The molecule has 4 unspecified atom stereocenters. The number of carboxylic acids is 1. The van der Waals surface area contributed by atoms with Crippen LogP contribution >= 0.6 is 12.6 Å². The molecule has 0 heterocycles. The van der Waals surface area contributed by atoms with Gasteiger partial charge < -0.3 is 42.7 Å². The quantitative estimate of drug-likeness (QED) is 0.0948. The Morgan fingerprint density at radius 3 is 2.00 bits per heavy atom. The highest BCUT2D eigenvalue weighted by Crippen LogP contribution is 2.12. The number of unbranched alkanes of at least 4 members (excludes halogenated alkanes) is 1. The number of thiol groups is 1. The van der Waals surface area contributed by atoms with Crippen LogP contribution in [0.15, 0.2) is 24.3 Å². The SMILES string of the molecule is NCCCCC(NC(=O)C(CS)NC(=O)C(Cc1ccc(O)cc1)NC(=O)C(N)CO)C(=O)O. The minimum Gasteiger partial charge on any atom is -0.508 e. The van der Waals surface area contributed by atoms with E-state index in [-0.39, 0.29) is 24.3 Å². The summed E-state index contributed by atoms with van der Waals surface area (Å²) in [6, 6.07) is 1.14. The number of aliphatic hydroxyl groups is 1. The van der Waals surface area contributed by atoms with E-state index in [9.17, 15) is 29.4 Å². The van der Waals surface area contributed by atoms with Crippen LogP contribution in [0.4, 0.5) is 0 Å². The number of phenols is 1. The summed E-state index contributed by atoms with van der Waals surface area (Å²) in [6.45, 7) is -0.245. The van der Waals surface area contributed by atoms with Crippen LogP contribution in [0, 0.1) is 0 Å². The third-order valence-electron chi connectivity index (χ3n) is 4.92. The molecule has 0 saturated heterocycles. The highest BCUT2D eigenvalue weighted by Gasteiger charge is 2.29. The van der Waals surface area contributed by atoms with Gasteiger partial charge in [-0.15, -0.1) is 0 Å². The van der Waals surface area contributed by atoms with Gasteiger partial charge in [0, 0.05) is 12.2 Å².